The highest BCUT2D eigenvalue weighted by molar-refractivity contribution is 5.79. The van der Waals surface area contributed by atoms with Crippen molar-refractivity contribution < 1.29 is 27.5 Å². The van der Waals surface area contributed by atoms with Gasteiger partial charge in [-0.2, -0.15) is 8.78 Å². The van der Waals surface area contributed by atoms with Gasteiger partial charge in [0.2, 0.25) is 11.6 Å². The van der Waals surface area contributed by atoms with Crippen LogP contribution < -0.4 is 5.43 Å². The third kappa shape index (κ3) is 2.99. The van der Waals surface area contributed by atoms with E-state index < -0.39 is 36.3 Å². The van der Waals surface area contributed by atoms with Crippen molar-refractivity contribution in [3.8, 4) is 0 Å². The number of benzene rings is 1. The van der Waals surface area contributed by atoms with Crippen LogP contribution in [0, 0.1) is 0 Å². The van der Waals surface area contributed by atoms with Crippen molar-refractivity contribution in [1.29, 1.82) is 0 Å². The van der Waals surface area contributed by atoms with Gasteiger partial charge in [0, 0.05) is 0 Å². The molecule has 1 aromatic carbocycles. The minimum Gasteiger partial charge on any atom is -0.364 e. The maximum Gasteiger partial charge on any atom is 0.291 e. The monoisotopic (exact) mass is 304 g/mol. The Hall–Kier alpha value is -2.09. The molecule has 1 heterocycles. The van der Waals surface area contributed by atoms with Crippen LogP contribution in [0.15, 0.2) is 42.1 Å². The van der Waals surface area contributed by atoms with Crippen molar-refractivity contribution in [1.82, 2.24) is 10.4 Å². The number of hydrogen-bond donors (Lipinski definition) is 2. The zero-order chi connectivity index (χ0) is 15.6. The van der Waals surface area contributed by atoms with Crippen molar-refractivity contribution in [3.05, 3.63) is 47.7 Å². The minimum atomic E-state index is -3.39. The summed E-state index contributed by atoms with van der Waals surface area (Å²) in [6.45, 7) is 0. The van der Waals surface area contributed by atoms with Gasteiger partial charge in [-0.05, 0) is 5.56 Å². The quantitative estimate of drug-likeness (QED) is 0.840. The number of rotatable bonds is 3. The fraction of sp³-hybridized carbons (Fsp3) is 0.308. The van der Waals surface area contributed by atoms with Crippen molar-refractivity contribution in [3.63, 3.8) is 0 Å². The third-order valence-electron chi connectivity index (χ3n) is 3.10. The van der Waals surface area contributed by atoms with Gasteiger partial charge in [-0.3, -0.25) is 10.2 Å². The lowest BCUT2D eigenvalue weighted by atomic mass is 10.1. The maximum atomic E-state index is 13.0. The number of nitrogens with one attached hydrogen (secondary N) is 1. The predicted molar refractivity (Wildman–Crippen MR) is 64.9 cm³/mol. The average Bonchev–Trinajstić information content (AvgIpc) is 2.80. The number of carbonyl (C=O) groups excluding carboxylic acids is 1. The fourth-order valence-electron chi connectivity index (χ4n) is 2.02. The lowest BCUT2D eigenvalue weighted by Crippen LogP contribution is -2.56. The third-order valence-corrected chi connectivity index (χ3v) is 3.10. The van der Waals surface area contributed by atoms with E-state index in [0.29, 0.717) is 5.56 Å². The van der Waals surface area contributed by atoms with E-state index in [-0.39, 0.29) is 11.4 Å². The Balaban J connectivity index is 2.23. The summed E-state index contributed by atoms with van der Waals surface area (Å²) in [5, 5.41) is 10.0. The second kappa shape index (κ2) is 5.72. The van der Waals surface area contributed by atoms with E-state index in [1.807, 2.05) is 5.43 Å². The van der Waals surface area contributed by atoms with Crippen LogP contribution in [-0.2, 0) is 11.2 Å². The molecule has 1 aromatic rings. The Bertz CT molecular complexity index is 561. The fourth-order valence-corrected chi connectivity index (χ4v) is 2.02. The highest BCUT2D eigenvalue weighted by atomic mass is 19.3. The average molecular weight is 304 g/mol. The number of carbonyl (C=O) groups is 1. The Morgan fingerprint density at radius 3 is 2.48 bits per heavy atom. The molecule has 1 aliphatic rings. The first-order chi connectivity index (χ1) is 9.84. The molecule has 1 saturated heterocycles. The van der Waals surface area contributed by atoms with Gasteiger partial charge < -0.3 is 5.11 Å². The van der Waals surface area contributed by atoms with Gasteiger partial charge in [-0.25, -0.2) is 13.8 Å². The van der Waals surface area contributed by atoms with Crippen LogP contribution in [0.4, 0.5) is 17.6 Å². The molecule has 1 aliphatic heterocycles. The molecule has 0 aliphatic carbocycles. The summed E-state index contributed by atoms with van der Waals surface area (Å²) >= 11 is 0. The molecule has 1 atom stereocenters. The van der Waals surface area contributed by atoms with E-state index in [1.165, 1.54) is 0 Å². The molecule has 8 heteroatoms. The van der Waals surface area contributed by atoms with Gasteiger partial charge in [0.1, 0.15) is 5.70 Å². The highest BCUT2D eigenvalue weighted by Crippen LogP contribution is 2.34. The Morgan fingerprint density at radius 2 is 1.95 bits per heavy atom. The van der Waals surface area contributed by atoms with Crippen molar-refractivity contribution >= 4 is 5.91 Å². The highest BCUT2D eigenvalue weighted by Gasteiger charge is 2.53. The van der Waals surface area contributed by atoms with Crippen LogP contribution in [-0.4, -0.2) is 28.2 Å². The summed E-state index contributed by atoms with van der Waals surface area (Å²) in [7, 11) is 0. The standard InChI is InChI=1S/C13H12F4N2O2/c14-11(15)9-7-13(21,12(16)17)19(18-9)10(20)6-8-4-2-1-3-5-8/h1-5,12,18,21H,6-7H2. The first kappa shape index (κ1) is 15.3. The van der Waals surface area contributed by atoms with Gasteiger partial charge in [0.25, 0.3) is 12.5 Å². The molecule has 1 unspecified atom stereocenters. The lowest BCUT2D eigenvalue weighted by Gasteiger charge is -2.31. The van der Waals surface area contributed by atoms with Crippen molar-refractivity contribution in [2.24, 2.45) is 0 Å². The maximum absolute atomic E-state index is 13.0. The number of nitrogens with zero attached hydrogens (tertiary/aromatic N) is 1. The summed E-state index contributed by atoms with van der Waals surface area (Å²) in [5.74, 6) is -0.930. The number of halogens is 4. The number of hydrogen-bond acceptors (Lipinski definition) is 3. The number of aliphatic hydroxyl groups is 1. The summed E-state index contributed by atoms with van der Waals surface area (Å²) in [6, 6.07) is 8.17. The zero-order valence-corrected chi connectivity index (χ0v) is 10.7. The molecule has 2 rings (SSSR count). The minimum absolute atomic E-state index is 0.180. The molecule has 114 valence electrons. The van der Waals surface area contributed by atoms with Crippen LogP contribution in [0.3, 0.4) is 0 Å². The lowest BCUT2D eigenvalue weighted by molar-refractivity contribution is -0.195. The summed E-state index contributed by atoms with van der Waals surface area (Å²) in [6.07, 6.45) is -6.98. The van der Waals surface area contributed by atoms with Crippen LogP contribution in [0.2, 0.25) is 0 Å². The van der Waals surface area contributed by atoms with Crippen molar-refractivity contribution in [2.75, 3.05) is 0 Å². The van der Waals surface area contributed by atoms with Crippen molar-refractivity contribution in [2.45, 2.75) is 25.0 Å². The molecular formula is C13H12F4N2O2. The van der Waals surface area contributed by atoms with Crippen LogP contribution in [0.1, 0.15) is 12.0 Å². The number of hydrazine groups is 1. The van der Waals surface area contributed by atoms with Crippen LogP contribution in [0.25, 0.3) is 0 Å². The van der Waals surface area contributed by atoms with Gasteiger partial charge >= 0.3 is 0 Å². The van der Waals surface area contributed by atoms with Crippen LogP contribution >= 0.6 is 0 Å². The molecule has 0 saturated carbocycles. The molecule has 0 spiro atoms. The predicted octanol–water partition coefficient (Wildman–Crippen LogP) is 2.03. The first-order valence-electron chi connectivity index (χ1n) is 6.03. The molecule has 0 radical (unpaired) electrons. The van der Waals surface area contributed by atoms with E-state index in [1.54, 1.807) is 30.3 Å². The molecule has 0 bridgehead atoms. The van der Waals surface area contributed by atoms with E-state index in [4.69, 9.17) is 0 Å². The molecule has 21 heavy (non-hydrogen) atoms. The van der Waals surface area contributed by atoms with E-state index in [9.17, 15) is 27.5 Å². The molecule has 2 N–H and O–H groups in total. The normalized spacial score (nSPS) is 21.6. The Kier molecular flexibility index (Phi) is 4.17. The van der Waals surface area contributed by atoms with Crippen LogP contribution in [0.5, 0.6) is 0 Å². The summed E-state index contributed by atoms with van der Waals surface area (Å²) < 4.78 is 51.0. The van der Waals surface area contributed by atoms with Gasteiger partial charge in [-0.1, -0.05) is 30.3 Å². The SMILES string of the molecule is O=C(Cc1ccccc1)N1NC(=C(F)F)CC1(O)C(F)F. The summed E-state index contributed by atoms with van der Waals surface area (Å²) in [5.41, 5.74) is -1.49. The second-order valence-electron chi connectivity index (χ2n) is 4.60. The Morgan fingerprint density at radius 1 is 1.33 bits per heavy atom. The second-order valence-corrected chi connectivity index (χ2v) is 4.60. The van der Waals surface area contributed by atoms with Gasteiger partial charge in [0.05, 0.1) is 12.8 Å². The largest absolute Gasteiger partial charge is 0.364 e. The van der Waals surface area contributed by atoms with Gasteiger partial charge in [-0.15, -0.1) is 0 Å². The topological polar surface area (TPSA) is 52.6 Å². The molecular weight excluding hydrogens is 292 g/mol. The Labute approximate surface area is 117 Å². The van der Waals surface area contributed by atoms with Gasteiger partial charge in [0.15, 0.2) is 0 Å². The van der Waals surface area contributed by atoms with E-state index in [2.05, 4.69) is 0 Å². The smallest absolute Gasteiger partial charge is 0.291 e. The molecule has 1 amide bonds. The first-order valence-corrected chi connectivity index (χ1v) is 6.03. The zero-order valence-electron chi connectivity index (χ0n) is 10.7. The molecule has 0 aromatic heterocycles. The number of alkyl halides is 2. The molecule has 1 fully saturated rings. The van der Waals surface area contributed by atoms with E-state index >= 15 is 0 Å². The van der Waals surface area contributed by atoms with E-state index in [0.717, 1.165) is 0 Å². The summed E-state index contributed by atoms with van der Waals surface area (Å²) in [4.78, 5) is 12.0. The number of amides is 1. The molecule has 4 nitrogen and oxygen atoms in total.